The Hall–Kier alpha value is -1.75. The molecule has 0 spiro atoms. The summed E-state index contributed by atoms with van der Waals surface area (Å²) in [5.41, 5.74) is 1.89. The Morgan fingerprint density at radius 3 is 2.94 bits per heavy atom. The predicted molar refractivity (Wildman–Crippen MR) is 67.1 cm³/mol. The van der Waals surface area contributed by atoms with Crippen molar-refractivity contribution < 1.29 is 4.52 Å². The number of piperidine rings is 1. The predicted octanol–water partition coefficient (Wildman–Crippen LogP) is 1.91. The third kappa shape index (κ3) is 2.26. The fourth-order valence-electron chi connectivity index (χ4n) is 2.28. The van der Waals surface area contributed by atoms with E-state index in [-0.39, 0.29) is 0 Å². The van der Waals surface area contributed by atoms with Gasteiger partial charge >= 0.3 is 0 Å². The Bertz CT molecular complexity index is 531. The molecule has 5 heteroatoms. The van der Waals surface area contributed by atoms with Crippen LogP contribution in [0.1, 0.15) is 30.3 Å². The first-order chi connectivity index (χ1) is 8.83. The van der Waals surface area contributed by atoms with Crippen LogP contribution in [0.4, 0.5) is 0 Å². The van der Waals surface area contributed by atoms with E-state index in [9.17, 15) is 0 Å². The van der Waals surface area contributed by atoms with Crippen molar-refractivity contribution in [3.05, 3.63) is 29.8 Å². The van der Waals surface area contributed by atoms with Crippen LogP contribution in [-0.4, -0.2) is 28.2 Å². The first-order valence-corrected chi connectivity index (χ1v) is 6.30. The zero-order valence-electron chi connectivity index (χ0n) is 10.4. The van der Waals surface area contributed by atoms with Gasteiger partial charge in [0.15, 0.2) is 5.82 Å². The maximum atomic E-state index is 5.35. The molecule has 0 unspecified atom stereocenters. The van der Waals surface area contributed by atoms with Gasteiger partial charge in [0.2, 0.25) is 0 Å². The number of pyridine rings is 1. The maximum absolute atomic E-state index is 5.35. The maximum Gasteiger partial charge on any atom is 0.258 e. The van der Waals surface area contributed by atoms with Crippen molar-refractivity contribution in [3.8, 4) is 11.5 Å². The summed E-state index contributed by atoms with van der Waals surface area (Å²) in [6.45, 7) is 4.01. The Kier molecular flexibility index (Phi) is 3.06. The molecule has 2 aromatic rings. The number of nitrogens with zero attached hydrogens (tertiary/aromatic N) is 3. The minimum atomic E-state index is 0.423. The van der Waals surface area contributed by atoms with E-state index in [0.29, 0.717) is 11.8 Å². The molecule has 0 saturated carbocycles. The summed E-state index contributed by atoms with van der Waals surface area (Å²) in [7, 11) is 0. The molecule has 2 aromatic heterocycles. The SMILES string of the molecule is Cc1cc(-c2nc(C3CCNCC3)no2)ccn1. The molecule has 0 amide bonds. The summed E-state index contributed by atoms with van der Waals surface area (Å²) in [4.78, 5) is 8.68. The zero-order valence-corrected chi connectivity index (χ0v) is 10.4. The fourth-order valence-corrected chi connectivity index (χ4v) is 2.28. The van der Waals surface area contributed by atoms with Crippen LogP contribution < -0.4 is 5.32 Å². The van der Waals surface area contributed by atoms with Crippen molar-refractivity contribution >= 4 is 0 Å². The highest BCUT2D eigenvalue weighted by atomic mass is 16.5. The quantitative estimate of drug-likeness (QED) is 0.874. The zero-order chi connectivity index (χ0) is 12.4. The molecule has 1 fully saturated rings. The summed E-state index contributed by atoms with van der Waals surface area (Å²) in [5, 5.41) is 7.45. The molecule has 0 atom stereocenters. The summed E-state index contributed by atoms with van der Waals surface area (Å²) in [6.07, 6.45) is 3.92. The van der Waals surface area contributed by atoms with Crippen molar-refractivity contribution in [2.24, 2.45) is 0 Å². The van der Waals surface area contributed by atoms with Gasteiger partial charge in [-0.1, -0.05) is 5.16 Å². The van der Waals surface area contributed by atoms with Crippen LogP contribution in [0, 0.1) is 6.92 Å². The van der Waals surface area contributed by atoms with Crippen LogP contribution in [0.15, 0.2) is 22.9 Å². The first-order valence-electron chi connectivity index (χ1n) is 6.30. The van der Waals surface area contributed by atoms with Crippen LogP contribution in [0.25, 0.3) is 11.5 Å². The van der Waals surface area contributed by atoms with Gasteiger partial charge < -0.3 is 9.84 Å². The number of aromatic nitrogens is 3. The van der Waals surface area contributed by atoms with E-state index in [4.69, 9.17) is 4.52 Å². The lowest BCUT2D eigenvalue weighted by Crippen LogP contribution is -2.27. The highest BCUT2D eigenvalue weighted by molar-refractivity contribution is 5.52. The Labute approximate surface area is 106 Å². The Morgan fingerprint density at radius 1 is 1.33 bits per heavy atom. The second kappa shape index (κ2) is 4.86. The summed E-state index contributed by atoms with van der Waals surface area (Å²) >= 11 is 0. The fraction of sp³-hybridized carbons (Fsp3) is 0.462. The monoisotopic (exact) mass is 244 g/mol. The van der Waals surface area contributed by atoms with Gasteiger partial charge in [-0.2, -0.15) is 4.98 Å². The summed E-state index contributed by atoms with van der Waals surface area (Å²) in [6, 6.07) is 3.85. The van der Waals surface area contributed by atoms with Gasteiger partial charge in [0, 0.05) is 23.4 Å². The molecule has 94 valence electrons. The van der Waals surface area contributed by atoms with Crippen LogP contribution >= 0.6 is 0 Å². The molecule has 0 radical (unpaired) electrons. The Morgan fingerprint density at radius 2 is 2.17 bits per heavy atom. The standard InChI is InChI=1S/C13H16N4O/c1-9-8-11(4-7-15-9)13-16-12(17-18-13)10-2-5-14-6-3-10/h4,7-8,10,14H,2-3,5-6H2,1H3. The van der Waals surface area contributed by atoms with Gasteiger partial charge in [-0.15, -0.1) is 0 Å². The van der Waals surface area contributed by atoms with Gasteiger partial charge in [0.1, 0.15) is 0 Å². The van der Waals surface area contributed by atoms with Crippen LogP contribution in [0.2, 0.25) is 0 Å². The molecule has 1 N–H and O–H groups in total. The third-order valence-corrected chi connectivity index (χ3v) is 3.29. The number of rotatable bonds is 2. The average molecular weight is 244 g/mol. The van der Waals surface area contributed by atoms with E-state index in [1.807, 2.05) is 19.1 Å². The van der Waals surface area contributed by atoms with Gasteiger partial charge in [-0.05, 0) is 45.0 Å². The van der Waals surface area contributed by atoms with Crippen molar-refractivity contribution in [3.63, 3.8) is 0 Å². The van der Waals surface area contributed by atoms with E-state index < -0.39 is 0 Å². The molecule has 0 bridgehead atoms. The lowest BCUT2D eigenvalue weighted by atomic mass is 9.98. The number of hydrogen-bond donors (Lipinski definition) is 1. The lowest BCUT2D eigenvalue weighted by Gasteiger charge is -2.18. The second-order valence-electron chi connectivity index (χ2n) is 4.67. The van der Waals surface area contributed by atoms with Crippen molar-refractivity contribution in [1.29, 1.82) is 0 Å². The van der Waals surface area contributed by atoms with Gasteiger partial charge in [0.25, 0.3) is 5.89 Å². The van der Waals surface area contributed by atoms with Gasteiger partial charge in [-0.3, -0.25) is 4.98 Å². The van der Waals surface area contributed by atoms with Crippen LogP contribution in [0.5, 0.6) is 0 Å². The minimum absolute atomic E-state index is 0.423. The van der Waals surface area contributed by atoms with Crippen LogP contribution in [0.3, 0.4) is 0 Å². The molecule has 0 aliphatic carbocycles. The first kappa shape index (κ1) is 11.3. The molecule has 3 heterocycles. The topological polar surface area (TPSA) is 63.8 Å². The van der Waals surface area contributed by atoms with E-state index in [1.165, 1.54) is 0 Å². The van der Waals surface area contributed by atoms with Crippen molar-refractivity contribution in [2.45, 2.75) is 25.7 Å². The molecule has 1 saturated heterocycles. The Balaban J connectivity index is 1.84. The highest BCUT2D eigenvalue weighted by Crippen LogP contribution is 2.25. The number of hydrogen-bond acceptors (Lipinski definition) is 5. The smallest absolute Gasteiger partial charge is 0.258 e. The van der Waals surface area contributed by atoms with E-state index in [2.05, 4.69) is 20.4 Å². The van der Waals surface area contributed by atoms with Gasteiger partial charge in [0.05, 0.1) is 0 Å². The van der Waals surface area contributed by atoms with E-state index in [0.717, 1.165) is 43.0 Å². The molecule has 5 nitrogen and oxygen atoms in total. The minimum Gasteiger partial charge on any atom is -0.334 e. The number of nitrogens with one attached hydrogen (secondary N) is 1. The number of aryl methyl sites for hydroxylation is 1. The molecule has 18 heavy (non-hydrogen) atoms. The molecule has 1 aliphatic heterocycles. The average Bonchev–Trinajstić information content (AvgIpc) is 2.89. The van der Waals surface area contributed by atoms with E-state index in [1.54, 1.807) is 6.20 Å². The van der Waals surface area contributed by atoms with E-state index >= 15 is 0 Å². The molecular weight excluding hydrogens is 228 g/mol. The summed E-state index contributed by atoms with van der Waals surface area (Å²) in [5.74, 6) is 1.85. The molecule has 0 aromatic carbocycles. The summed E-state index contributed by atoms with van der Waals surface area (Å²) < 4.78 is 5.35. The molecule has 1 aliphatic rings. The third-order valence-electron chi connectivity index (χ3n) is 3.29. The molecular formula is C13H16N4O. The van der Waals surface area contributed by atoms with Crippen molar-refractivity contribution in [2.75, 3.05) is 13.1 Å². The molecule has 3 rings (SSSR count). The normalized spacial score (nSPS) is 16.9. The largest absolute Gasteiger partial charge is 0.334 e. The lowest BCUT2D eigenvalue weighted by molar-refractivity contribution is 0.392. The highest BCUT2D eigenvalue weighted by Gasteiger charge is 2.21. The van der Waals surface area contributed by atoms with Crippen LogP contribution in [-0.2, 0) is 0 Å². The van der Waals surface area contributed by atoms with Gasteiger partial charge in [-0.25, -0.2) is 0 Å². The van der Waals surface area contributed by atoms with Crippen molar-refractivity contribution in [1.82, 2.24) is 20.4 Å². The second-order valence-corrected chi connectivity index (χ2v) is 4.67.